The average molecular weight is 379 g/mol. The molecule has 1 aliphatic heterocycles. The van der Waals surface area contributed by atoms with Crippen LogP contribution < -0.4 is 19.9 Å². The molecule has 144 valence electrons. The normalized spacial score (nSPS) is 14.1. The maximum absolute atomic E-state index is 13.8. The molecule has 1 fully saturated rings. The quantitative estimate of drug-likeness (QED) is 0.730. The van der Waals surface area contributed by atoms with E-state index in [2.05, 4.69) is 37.2 Å². The van der Waals surface area contributed by atoms with E-state index in [1.54, 1.807) is 31.5 Å². The Morgan fingerprint density at radius 2 is 1.64 bits per heavy atom. The van der Waals surface area contributed by atoms with Gasteiger partial charge in [-0.25, -0.2) is 9.37 Å². The second-order valence-corrected chi connectivity index (χ2v) is 6.52. The number of hydrogen-bond donors (Lipinski definition) is 1. The Morgan fingerprint density at radius 1 is 0.929 bits per heavy atom. The zero-order chi connectivity index (χ0) is 19.3. The summed E-state index contributed by atoms with van der Waals surface area (Å²) in [6, 6.07) is 16.5. The van der Waals surface area contributed by atoms with Gasteiger partial charge in [0.25, 0.3) is 0 Å². The lowest BCUT2D eigenvalue weighted by molar-refractivity contribution is 0.415. The third kappa shape index (κ3) is 3.98. The lowest BCUT2D eigenvalue weighted by Gasteiger charge is -2.36. The number of hydrogen-bond acceptors (Lipinski definition) is 6. The van der Waals surface area contributed by atoms with E-state index in [1.807, 2.05) is 18.2 Å². The van der Waals surface area contributed by atoms with Crippen LogP contribution in [0.1, 0.15) is 0 Å². The predicted molar refractivity (Wildman–Crippen MR) is 109 cm³/mol. The summed E-state index contributed by atoms with van der Waals surface area (Å²) in [5.74, 6) is 1.76. The predicted octanol–water partition coefficient (Wildman–Crippen LogP) is 3.69. The summed E-state index contributed by atoms with van der Waals surface area (Å²) in [6.45, 7) is 3.49. The van der Waals surface area contributed by atoms with Gasteiger partial charge in [0.1, 0.15) is 17.4 Å². The van der Waals surface area contributed by atoms with Gasteiger partial charge in [0, 0.05) is 38.1 Å². The lowest BCUT2D eigenvalue weighted by atomic mass is 10.2. The Kier molecular flexibility index (Phi) is 5.23. The number of halogens is 1. The Bertz CT molecular complexity index is 926. The van der Waals surface area contributed by atoms with Gasteiger partial charge in [0.2, 0.25) is 5.95 Å². The van der Waals surface area contributed by atoms with Crippen LogP contribution in [0.3, 0.4) is 0 Å². The van der Waals surface area contributed by atoms with Gasteiger partial charge in [-0.1, -0.05) is 12.1 Å². The summed E-state index contributed by atoms with van der Waals surface area (Å²) in [7, 11) is 1.67. The molecule has 0 saturated carbocycles. The highest BCUT2D eigenvalue weighted by molar-refractivity contribution is 5.56. The van der Waals surface area contributed by atoms with Crippen molar-refractivity contribution in [2.45, 2.75) is 0 Å². The maximum Gasteiger partial charge on any atom is 0.229 e. The molecule has 0 atom stereocenters. The summed E-state index contributed by atoms with van der Waals surface area (Å²) in [5, 5.41) is 2.95. The largest absolute Gasteiger partial charge is 0.497 e. The minimum atomic E-state index is -0.329. The number of para-hydroxylation sites is 1. The van der Waals surface area contributed by atoms with Crippen molar-refractivity contribution in [3.05, 3.63) is 66.6 Å². The van der Waals surface area contributed by atoms with Crippen LogP contribution in [0.2, 0.25) is 0 Å². The summed E-state index contributed by atoms with van der Waals surface area (Å²) in [6.07, 6.45) is 1.70. The third-order valence-electron chi connectivity index (χ3n) is 4.80. The molecule has 1 saturated heterocycles. The summed E-state index contributed by atoms with van der Waals surface area (Å²) in [5.41, 5.74) is 1.55. The number of nitrogens with one attached hydrogen (secondary N) is 1. The Morgan fingerprint density at radius 3 is 2.36 bits per heavy atom. The van der Waals surface area contributed by atoms with Crippen molar-refractivity contribution in [1.29, 1.82) is 0 Å². The highest BCUT2D eigenvalue weighted by atomic mass is 19.1. The molecule has 0 bridgehead atoms. The van der Waals surface area contributed by atoms with Crippen LogP contribution in [-0.4, -0.2) is 43.3 Å². The fourth-order valence-corrected chi connectivity index (χ4v) is 3.26. The van der Waals surface area contributed by atoms with E-state index >= 15 is 0 Å². The first-order chi connectivity index (χ1) is 13.7. The topological polar surface area (TPSA) is 53.5 Å². The van der Waals surface area contributed by atoms with E-state index in [1.165, 1.54) is 11.8 Å². The number of aromatic nitrogens is 2. The summed E-state index contributed by atoms with van der Waals surface area (Å²) in [4.78, 5) is 13.3. The van der Waals surface area contributed by atoms with Gasteiger partial charge in [0.15, 0.2) is 0 Å². The second kappa shape index (κ2) is 8.12. The molecule has 4 rings (SSSR count). The first-order valence-electron chi connectivity index (χ1n) is 9.21. The molecule has 0 aliphatic carbocycles. The van der Waals surface area contributed by atoms with Gasteiger partial charge in [-0.2, -0.15) is 4.98 Å². The van der Waals surface area contributed by atoms with Crippen molar-refractivity contribution in [3.8, 4) is 5.75 Å². The van der Waals surface area contributed by atoms with Gasteiger partial charge in [-0.15, -0.1) is 0 Å². The van der Waals surface area contributed by atoms with Crippen LogP contribution in [0.5, 0.6) is 5.75 Å². The van der Waals surface area contributed by atoms with Gasteiger partial charge in [0.05, 0.1) is 12.8 Å². The Balaban J connectivity index is 1.41. The van der Waals surface area contributed by atoms with Crippen molar-refractivity contribution in [1.82, 2.24) is 9.97 Å². The van der Waals surface area contributed by atoms with Crippen molar-refractivity contribution >= 4 is 23.1 Å². The fraction of sp³-hybridized carbons (Fsp3) is 0.238. The number of anilines is 4. The Hall–Kier alpha value is -3.35. The fourth-order valence-electron chi connectivity index (χ4n) is 3.26. The first-order valence-corrected chi connectivity index (χ1v) is 9.21. The average Bonchev–Trinajstić information content (AvgIpc) is 2.76. The number of benzene rings is 2. The molecular weight excluding hydrogens is 357 g/mol. The third-order valence-corrected chi connectivity index (χ3v) is 4.80. The van der Waals surface area contributed by atoms with Crippen LogP contribution in [0, 0.1) is 5.82 Å². The van der Waals surface area contributed by atoms with Crippen molar-refractivity contribution in [2.24, 2.45) is 0 Å². The number of piperazine rings is 1. The van der Waals surface area contributed by atoms with Crippen LogP contribution >= 0.6 is 0 Å². The lowest BCUT2D eigenvalue weighted by Crippen LogP contribution is -2.46. The van der Waals surface area contributed by atoms with E-state index in [-0.39, 0.29) is 5.82 Å². The van der Waals surface area contributed by atoms with Crippen molar-refractivity contribution in [2.75, 3.05) is 48.4 Å². The van der Waals surface area contributed by atoms with E-state index < -0.39 is 0 Å². The zero-order valence-electron chi connectivity index (χ0n) is 15.7. The van der Waals surface area contributed by atoms with Crippen molar-refractivity contribution in [3.63, 3.8) is 0 Å². The molecule has 0 unspecified atom stereocenters. The molecule has 0 spiro atoms. The zero-order valence-corrected chi connectivity index (χ0v) is 15.7. The molecule has 1 aromatic heterocycles. The van der Waals surface area contributed by atoms with E-state index in [0.717, 1.165) is 37.7 Å². The molecule has 1 aliphatic rings. The van der Waals surface area contributed by atoms with Crippen LogP contribution in [0.4, 0.5) is 27.5 Å². The molecule has 7 heteroatoms. The number of rotatable bonds is 5. The van der Waals surface area contributed by atoms with Gasteiger partial charge in [-0.05, 0) is 42.5 Å². The maximum atomic E-state index is 13.8. The molecule has 2 heterocycles. The molecule has 2 aromatic carbocycles. The molecule has 1 N–H and O–H groups in total. The number of nitrogens with zero attached hydrogens (tertiary/aromatic N) is 4. The van der Waals surface area contributed by atoms with Gasteiger partial charge in [-0.3, -0.25) is 0 Å². The van der Waals surface area contributed by atoms with Gasteiger partial charge < -0.3 is 19.9 Å². The Labute approximate surface area is 163 Å². The highest BCUT2D eigenvalue weighted by Gasteiger charge is 2.19. The molecule has 3 aromatic rings. The number of ether oxygens (including phenoxy) is 1. The smallest absolute Gasteiger partial charge is 0.229 e. The standard InChI is InChI=1S/C21H22FN5O/c1-28-17-8-6-16(7-9-17)26-12-14-27(15-13-26)20-10-11-23-21(25-20)24-19-5-3-2-4-18(19)22/h2-11H,12-15H2,1H3,(H,23,24,25). The molecule has 0 radical (unpaired) electrons. The van der Waals surface area contributed by atoms with E-state index in [9.17, 15) is 4.39 Å². The second-order valence-electron chi connectivity index (χ2n) is 6.52. The summed E-state index contributed by atoms with van der Waals surface area (Å²) >= 11 is 0. The van der Waals surface area contributed by atoms with Crippen molar-refractivity contribution < 1.29 is 9.13 Å². The minimum absolute atomic E-state index is 0.329. The molecule has 0 amide bonds. The monoisotopic (exact) mass is 379 g/mol. The van der Waals surface area contributed by atoms with Crippen LogP contribution in [0.15, 0.2) is 60.8 Å². The van der Waals surface area contributed by atoms with E-state index in [4.69, 9.17) is 4.74 Å². The first kappa shape index (κ1) is 18.0. The minimum Gasteiger partial charge on any atom is -0.497 e. The molecular formula is C21H22FN5O. The highest BCUT2D eigenvalue weighted by Crippen LogP contribution is 2.23. The SMILES string of the molecule is COc1ccc(N2CCN(c3ccnc(Nc4ccccc4F)n3)CC2)cc1. The van der Waals surface area contributed by atoms with Gasteiger partial charge >= 0.3 is 0 Å². The molecule has 28 heavy (non-hydrogen) atoms. The molecule has 6 nitrogen and oxygen atoms in total. The van der Waals surface area contributed by atoms with Crippen LogP contribution in [-0.2, 0) is 0 Å². The summed E-state index contributed by atoms with van der Waals surface area (Å²) < 4.78 is 19.1. The van der Waals surface area contributed by atoms with E-state index in [0.29, 0.717) is 11.6 Å². The van der Waals surface area contributed by atoms with Crippen LogP contribution in [0.25, 0.3) is 0 Å². The number of methoxy groups -OCH3 is 1.